The minimum Gasteiger partial charge on any atom is -0.492 e. The maximum Gasteiger partial charge on any atom is 0.267 e. The lowest BCUT2D eigenvalue weighted by Gasteiger charge is -2.10. The first-order chi connectivity index (χ1) is 11.2. The zero-order valence-electron chi connectivity index (χ0n) is 12.7. The highest BCUT2D eigenvalue weighted by molar-refractivity contribution is 6.06. The molecular formula is C18H17N3O2. The van der Waals surface area contributed by atoms with Gasteiger partial charge in [0.1, 0.15) is 17.4 Å². The maximum atomic E-state index is 12.1. The maximum absolute atomic E-state index is 12.1. The predicted octanol–water partition coefficient (Wildman–Crippen LogP) is 3.54. The van der Waals surface area contributed by atoms with Crippen molar-refractivity contribution in [1.29, 1.82) is 5.26 Å². The second-order valence-corrected chi connectivity index (χ2v) is 4.56. The van der Waals surface area contributed by atoms with E-state index in [2.05, 4.69) is 10.6 Å². The average Bonchev–Trinajstić information content (AvgIpc) is 2.58. The van der Waals surface area contributed by atoms with Gasteiger partial charge in [0, 0.05) is 11.9 Å². The van der Waals surface area contributed by atoms with Crippen molar-refractivity contribution in [3.8, 4) is 11.8 Å². The summed E-state index contributed by atoms with van der Waals surface area (Å²) < 4.78 is 5.48. The van der Waals surface area contributed by atoms with E-state index in [1.807, 2.05) is 55.5 Å². The van der Waals surface area contributed by atoms with Crippen LogP contribution in [0.25, 0.3) is 0 Å². The van der Waals surface area contributed by atoms with Gasteiger partial charge in [-0.05, 0) is 31.2 Å². The number of hydrogen-bond acceptors (Lipinski definition) is 4. The molecule has 0 aliphatic rings. The third-order valence-corrected chi connectivity index (χ3v) is 2.96. The molecule has 116 valence electrons. The van der Waals surface area contributed by atoms with Crippen LogP contribution in [-0.4, -0.2) is 12.5 Å². The first-order valence-corrected chi connectivity index (χ1v) is 7.19. The van der Waals surface area contributed by atoms with Crippen LogP contribution < -0.4 is 15.4 Å². The first-order valence-electron chi connectivity index (χ1n) is 7.19. The fourth-order valence-corrected chi connectivity index (χ4v) is 1.89. The van der Waals surface area contributed by atoms with Crippen LogP contribution in [0.1, 0.15) is 6.92 Å². The Morgan fingerprint density at radius 1 is 1.17 bits per heavy atom. The van der Waals surface area contributed by atoms with E-state index >= 15 is 0 Å². The van der Waals surface area contributed by atoms with Crippen LogP contribution in [0.5, 0.6) is 5.75 Å². The molecule has 2 aromatic rings. The van der Waals surface area contributed by atoms with Crippen LogP contribution in [-0.2, 0) is 4.79 Å². The van der Waals surface area contributed by atoms with Crippen molar-refractivity contribution in [1.82, 2.24) is 0 Å². The largest absolute Gasteiger partial charge is 0.492 e. The highest BCUT2D eigenvalue weighted by Gasteiger charge is 2.09. The van der Waals surface area contributed by atoms with Crippen molar-refractivity contribution in [2.45, 2.75) is 6.92 Å². The molecule has 0 aliphatic carbocycles. The number of rotatable bonds is 6. The summed E-state index contributed by atoms with van der Waals surface area (Å²) >= 11 is 0. The van der Waals surface area contributed by atoms with Gasteiger partial charge in [-0.15, -0.1) is 0 Å². The summed E-state index contributed by atoms with van der Waals surface area (Å²) in [6.45, 7) is 2.42. The van der Waals surface area contributed by atoms with Crippen LogP contribution >= 0.6 is 0 Å². The van der Waals surface area contributed by atoms with Crippen LogP contribution in [0.3, 0.4) is 0 Å². The average molecular weight is 307 g/mol. The van der Waals surface area contributed by atoms with E-state index < -0.39 is 5.91 Å². The summed E-state index contributed by atoms with van der Waals surface area (Å²) in [7, 11) is 0. The molecule has 5 heteroatoms. The Morgan fingerprint density at radius 2 is 1.87 bits per heavy atom. The van der Waals surface area contributed by atoms with Gasteiger partial charge in [0.2, 0.25) is 0 Å². The number of benzene rings is 2. The van der Waals surface area contributed by atoms with Crippen LogP contribution in [0.4, 0.5) is 11.4 Å². The molecule has 5 nitrogen and oxygen atoms in total. The molecule has 0 atom stereocenters. The van der Waals surface area contributed by atoms with E-state index in [-0.39, 0.29) is 5.57 Å². The fraction of sp³-hybridized carbons (Fsp3) is 0.111. The molecule has 0 heterocycles. The topological polar surface area (TPSA) is 74.1 Å². The van der Waals surface area contributed by atoms with Gasteiger partial charge in [-0.1, -0.05) is 30.3 Å². The van der Waals surface area contributed by atoms with Gasteiger partial charge in [-0.25, -0.2) is 0 Å². The van der Waals surface area contributed by atoms with E-state index in [4.69, 9.17) is 4.74 Å². The van der Waals surface area contributed by atoms with Crippen molar-refractivity contribution in [3.05, 3.63) is 66.4 Å². The molecule has 1 amide bonds. The molecule has 0 saturated heterocycles. The van der Waals surface area contributed by atoms with Crippen molar-refractivity contribution in [3.63, 3.8) is 0 Å². The van der Waals surface area contributed by atoms with Crippen LogP contribution in [0.15, 0.2) is 66.4 Å². The number of para-hydroxylation sites is 3. The normalized spacial score (nSPS) is 10.5. The van der Waals surface area contributed by atoms with Gasteiger partial charge in [0.05, 0.1) is 12.3 Å². The van der Waals surface area contributed by atoms with Crippen LogP contribution in [0.2, 0.25) is 0 Å². The first kappa shape index (κ1) is 16.1. The lowest BCUT2D eigenvalue weighted by atomic mass is 10.2. The highest BCUT2D eigenvalue weighted by atomic mass is 16.5. The van der Waals surface area contributed by atoms with Crippen molar-refractivity contribution < 1.29 is 9.53 Å². The Kier molecular flexibility index (Phi) is 5.78. The second kappa shape index (κ2) is 8.25. The number of nitrogens with one attached hydrogen (secondary N) is 2. The number of ether oxygens (including phenoxy) is 1. The van der Waals surface area contributed by atoms with Gasteiger partial charge in [0.15, 0.2) is 0 Å². The second-order valence-electron chi connectivity index (χ2n) is 4.56. The van der Waals surface area contributed by atoms with E-state index in [1.165, 1.54) is 6.20 Å². The molecule has 0 saturated carbocycles. The van der Waals surface area contributed by atoms with E-state index in [1.54, 1.807) is 12.1 Å². The molecule has 2 aromatic carbocycles. The zero-order chi connectivity index (χ0) is 16.5. The van der Waals surface area contributed by atoms with E-state index in [9.17, 15) is 10.1 Å². The summed E-state index contributed by atoms with van der Waals surface area (Å²) in [5.74, 6) is 0.187. The lowest BCUT2D eigenvalue weighted by molar-refractivity contribution is -0.112. The SMILES string of the molecule is CCOc1ccccc1N/C=C(\C#N)C(=O)Nc1ccccc1. The quantitative estimate of drug-likeness (QED) is 0.632. The Morgan fingerprint density at radius 3 is 2.57 bits per heavy atom. The standard InChI is InChI=1S/C18H17N3O2/c1-2-23-17-11-7-6-10-16(17)20-13-14(12-19)18(22)21-15-8-4-3-5-9-15/h3-11,13,20H,2H2,1H3,(H,21,22)/b14-13+. The number of hydrogen-bond donors (Lipinski definition) is 2. The number of nitrogens with zero attached hydrogens (tertiary/aromatic N) is 1. The molecule has 0 aromatic heterocycles. The summed E-state index contributed by atoms with van der Waals surface area (Å²) in [5, 5.41) is 14.8. The summed E-state index contributed by atoms with van der Waals surface area (Å²) in [5.41, 5.74) is 1.29. The molecule has 0 bridgehead atoms. The minimum absolute atomic E-state index is 0.0276. The fourth-order valence-electron chi connectivity index (χ4n) is 1.89. The van der Waals surface area contributed by atoms with Gasteiger partial charge < -0.3 is 15.4 Å². The molecule has 0 aliphatic heterocycles. The molecule has 23 heavy (non-hydrogen) atoms. The number of nitriles is 1. The minimum atomic E-state index is -0.472. The van der Waals surface area contributed by atoms with Crippen molar-refractivity contribution >= 4 is 17.3 Å². The van der Waals surface area contributed by atoms with E-state index in [0.717, 1.165) is 0 Å². The number of amides is 1. The highest BCUT2D eigenvalue weighted by Crippen LogP contribution is 2.23. The molecule has 0 radical (unpaired) electrons. The van der Waals surface area contributed by atoms with Gasteiger partial charge in [0.25, 0.3) is 5.91 Å². The number of anilines is 2. The monoisotopic (exact) mass is 307 g/mol. The van der Waals surface area contributed by atoms with E-state index in [0.29, 0.717) is 23.7 Å². The third-order valence-electron chi connectivity index (χ3n) is 2.96. The Balaban J connectivity index is 2.10. The smallest absolute Gasteiger partial charge is 0.267 e. The molecular weight excluding hydrogens is 290 g/mol. The number of carbonyl (C=O) groups excluding carboxylic acids is 1. The molecule has 0 fully saturated rings. The predicted molar refractivity (Wildman–Crippen MR) is 90.0 cm³/mol. The Hall–Kier alpha value is -3.26. The Bertz CT molecular complexity index is 733. The number of carbonyl (C=O) groups is 1. The molecule has 0 spiro atoms. The van der Waals surface area contributed by atoms with Gasteiger partial charge in [-0.3, -0.25) is 4.79 Å². The molecule has 2 N–H and O–H groups in total. The zero-order valence-corrected chi connectivity index (χ0v) is 12.7. The lowest BCUT2D eigenvalue weighted by Crippen LogP contribution is -2.14. The van der Waals surface area contributed by atoms with Gasteiger partial charge >= 0.3 is 0 Å². The third kappa shape index (κ3) is 4.61. The summed E-state index contributed by atoms with van der Waals surface area (Å²) in [4.78, 5) is 12.1. The van der Waals surface area contributed by atoms with Crippen molar-refractivity contribution in [2.75, 3.05) is 17.2 Å². The summed E-state index contributed by atoms with van der Waals surface area (Å²) in [6.07, 6.45) is 1.37. The summed E-state index contributed by atoms with van der Waals surface area (Å²) in [6, 6.07) is 18.2. The molecule has 2 rings (SSSR count). The Labute approximate surface area is 135 Å². The molecule has 0 unspecified atom stereocenters. The van der Waals surface area contributed by atoms with Gasteiger partial charge in [-0.2, -0.15) is 5.26 Å². The van der Waals surface area contributed by atoms with Crippen LogP contribution in [0, 0.1) is 11.3 Å². The van der Waals surface area contributed by atoms with Crippen molar-refractivity contribution in [2.24, 2.45) is 0 Å².